The minimum Gasteiger partial charge on any atom is -0.480 e. The van der Waals surface area contributed by atoms with Crippen LogP contribution in [0.4, 0.5) is 10.1 Å². The number of benzene rings is 1. The van der Waals surface area contributed by atoms with Gasteiger partial charge in [-0.2, -0.15) is 0 Å². The number of carboxylic acid groups (broad SMARTS) is 1. The van der Waals surface area contributed by atoms with E-state index in [4.69, 9.17) is 0 Å². The first-order chi connectivity index (χ1) is 11.0. The van der Waals surface area contributed by atoms with Crippen LogP contribution in [0.25, 0.3) is 0 Å². The van der Waals surface area contributed by atoms with Crippen molar-refractivity contribution in [1.82, 2.24) is 4.90 Å². The van der Waals surface area contributed by atoms with E-state index in [1.807, 2.05) is 0 Å². The van der Waals surface area contributed by atoms with Crippen LogP contribution in [-0.4, -0.2) is 46.9 Å². The van der Waals surface area contributed by atoms with E-state index in [1.165, 1.54) is 28.0 Å². The number of carbonyl (C=O) groups is 3. The molecule has 0 aromatic heterocycles. The number of amides is 2. The molecule has 2 atom stereocenters. The molecule has 2 aliphatic heterocycles. The van der Waals surface area contributed by atoms with Gasteiger partial charge in [0.25, 0.3) is 0 Å². The van der Waals surface area contributed by atoms with Gasteiger partial charge in [-0.3, -0.25) is 9.59 Å². The summed E-state index contributed by atoms with van der Waals surface area (Å²) in [6, 6.07) is 5.10. The van der Waals surface area contributed by atoms with Gasteiger partial charge >= 0.3 is 5.97 Å². The monoisotopic (exact) mass is 320 g/mol. The predicted octanol–water partition coefficient (Wildman–Crippen LogP) is 1.25. The highest BCUT2D eigenvalue weighted by Gasteiger charge is 2.42. The van der Waals surface area contributed by atoms with Gasteiger partial charge in [0.05, 0.1) is 11.6 Å². The van der Waals surface area contributed by atoms with E-state index in [2.05, 4.69) is 0 Å². The summed E-state index contributed by atoms with van der Waals surface area (Å²) in [5.74, 6) is -2.81. The third-order valence-electron chi connectivity index (χ3n) is 4.44. The highest BCUT2D eigenvalue weighted by molar-refractivity contribution is 6.01. The number of likely N-dealkylation sites (tertiary alicyclic amines) is 1. The minimum absolute atomic E-state index is 0.0179. The first-order valence-electron chi connectivity index (χ1n) is 7.57. The summed E-state index contributed by atoms with van der Waals surface area (Å²) in [6.45, 7) is 0.474. The molecule has 2 fully saturated rings. The average Bonchev–Trinajstić information content (AvgIpc) is 3.14. The molecular weight excluding hydrogens is 303 g/mol. The van der Waals surface area contributed by atoms with Gasteiger partial charge in [-0.05, 0) is 25.0 Å². The molecule has 2 aliphatic rings. The van der Waals surface area contributed by atoms with Crippen molar-refractivity contribution in [2.24, 2.45) is 5.92 Å². The van der Waals surface area contributed by atoms with Gasteiger partial charge < -0.3 is 14.9 Å². The van der Waals surface area contributed by atoms with Gasteiger partial charge in [-0.25, -0.2) is 9.18 Å². The molecule has 0 saturated carbocycles. The van der Waals surface area contributed by atoms with Crippen LogP contribution in [0.3, 0.4) is 0 Å². The molecule has 0 radical (unpaired) electrons. The zero-order valence-electron chi connectivity index (χ0n) is 12.4. The second-order valence-corrected chi connectivity index (χ2v) is 5.88. The van der Waals surface area contributed by atoms with E-state index in [1.54, 1.807) is 6.07 Å². The molecule has 1 N–H and O–H groups in total. The Bertz CT molecular complexity index is 663. The lowest BCUT2D eigenvalue weighted by molar-refractivity contribution is -0.149. The molecule has 2 heterocycles. The largest absolute Gasteiger partial charge is 0.480 e. The molecule has 7 heteroatoms. The number of aliphatic carboxylic acids is 1. The summed E-state index contributed by atoms with van der Waals surface area (Å²) < 4.78 is 13.8. The van der Waals surface area contributed by atoms with Gasteiger partial charge in [-0.15, -0.1) is 0 Å². The second-order valence-electron chi connectivity index (χ2n) is 5.88. The van der Waals surface area contributed by atoms with Crippen molar-refractivity contribution in [3.63, 3.8) is 0 Å². The SMILES string of the molecule is O=C(O)[C@H]1CCCN1C(=O)C1CC(=O)N(c2ccccc2F)C1. The molecule has 1 aromatic rings. The van der Waals surface area contributed by atoms with Crippen molar-refractivity contribution in [1.29, 1.82) is 0 Å². The van der Waals surface area contributed by atoms with Crippen molar-refractivity contribution >= 4 is 23.5 Å². The summed E-state index contributed by atoms with van der Waals surface area (Å²) >= 11 is 0. The van der Waals surface area contributed by atoms with Gasteiger partial charge in [0.15, 0.2) is 0 Å². The fraction of sp³-hybridized carbons (Fsp3) is 0.438. The first-order valence-corrected chi connectivity index (χ1v) is 7.57. The minimum atomic E-state index is -1.02. The Morgan fingerprint density at radius 2 is 2.00 bits per heavy atom. The molecule has 2 saturated heterocycles. The topological polar surface area (TPSA) is 77.9 Å². The maximum atomic E-state index is 13.8. The van der Waals surface area contributed by atoms with Crippen molar-refractivity contribution in [3.05, 3.63) is 30.1 Å². The lowest BCUT2D eigenvalue weighted by Gasteiger charge is -2.24. The lowest BCUT2D eigenvalue weighted by atomic mass is 10.1. The maximum Gasteiger partial charge on any atom is 0.326 e. The number of nitrogens with zero attached hydrogens (tertiary/aromatic N) is 2. The maximum absolute atomic E-state index is 13.8. The van der Waals surface area contributed by atoms with Crippen LogP contribution in [0, 0.1) is 11.7 Å². The summed E-state index contributed by atoms with van der Waals surface area (Å²) in [7, 11) is 0. The number of para-hydroxylation sites is 1. The smallest absolute Gasteiger partial charge is 0.326 e. The van der Waals surface area contributed by atoms with Crippen LogP contribution in [0.2, 0.25) is 0 Å². The van der Waals surface area contributed by atoms with Crippen LogP contribution >= 0.6 is 0 Å². The summed E-state index contributed by atoms with van der Waals surface area (Å²) in [6.07, 6.45) is 1.05. The number of anilines is 1. The number of carboxylic acids is 1. The summed E-state index contributed by atoms with van der Waals surface area (Å²) in [5, 5.41) is 9.17. The van der Waals surface area contributed by atoms with Gasteiger partial charge in [0.2, 0.25) is 11.8 Å². The number of halogens is 1. The molecule has 1 aromatic carbocycles. The van der Waals surface area contributed by atoms with E-state index in [0.717, 1.165) is 0 Å². The fourth-order valence-corrected chi connectivity index (χ4v) is 3.30. The van der Waals surface area contributed by atoms with Gasteiger partial charge in [-0.1, -0.05) is 12.1 Å². The second kappa shape index (κ2) is 5.98. The Morgan fingerprint density at radius 3 is 2.70 bits per heavy atom. The molecule has 0 spiro atoms. The standard InChI is InChI=1S/C16H17FN2O4/c17-11-4-1-2-5-12(11)19-9-10(8-14(19)20)15(21)18-7-3-6-13(18)16(22)23/h1-2,4-5,10,13H,3,6-9H2,(H,22,23)/t10?,13-/m1/s1. The normalized spacial score (nSPS) is 24.3. The first kappa shape index (κ1) is 15.5. The van der Waals surface area contributed by atoms with Crippen LogP contribution in [0.1, 0.15) is 19.3 Å². The van der Waals surface area contributed by atoms with Crippen molar-refractivity contribution in [2.45, 2.75) is 25.3 Å². The molecule has 1 unspecified atom stereocenters. The van der Waals surface area contributed by atoms with E-state index in [0.29, 0.717) is 19.4 Å². The highest BCUT2D eigenvalue weighted by Crippen LogP contribution is 2.30. The number of hydrogen-bond acceptors (Lipinski definition) is 3. The van der Waals surface area contributed by atoms with Crippen LogP contribution < -0.4 is 4.90 Å². The number of hydrogen-bond donors (Lipinski definition) is 1. The van der Waals surface area contributed by atoms with Crippen molar-refractivity contribution < 1.29 is 23.9 Å². The quantitative estimate of drug-likeness (QED) is 0.909. The Morgan fingerprint density at radius 1 is 1.26 bits per heavy atom. The van der Waals surface area contributed by atoms with Crippen LogP contribution in [0.5, 0.6) is 0 Å². The van der Waals surface area contributed by atoms with Gasteiger partial charge in [0.1, 0.15) is 11.9 Å². The average molecular weight is 320 g/mol. The van der Waals surface area contributed by atoms with E-state index in [9.17, 15) is 23.9 Å². The van der Waals surface area contributed by atoms with Crippen molar-refractivity contribution in [2.75, 3.05) is 18.0 Å². The molecular formula is C16H17FN2O4. The van der Waals surface area contributed by atoms with Gasteiger partial charge in [0, 0.05) is 19.5 Å². The zero-order chi connectivity index (χ0) is 16.6. The molecule has 3 rings (SSSR count). The third kappa shape index (κ3) is 2.78. The number of rotatable bonds is 3. The number of carbonyl (C=O) groups excluding carboxylic acids is 2. The van der Waals surface area contributed by atoms with E-state index >= 15 is 0 Å². The lowest BCUT2D eigenvalue weighted by Crippen LogP contribution is -2.44. The van der Waals surface area contributed by atoms with E-state index in [-0.39, 0.29) is 30.5 Å². The molecule has 23 heavy (non-hydrogen) atoms. The molecule has 2 amide bonds. The van der Waals surface area contributed by atoms with Crippen molar-refractivity contribution in [3.8, 4) is 0 Å². The Kier molecular flexibility index (Phi) is 4.02. The summed E-state index contributed by atoms with van der Waals surface area (Å²) in [5.41, 5.74) is 0.156. The van der Waals surface area contributed by atoms with Crippen LogP contribution in [0.15, 0.2) is 24.3 Å². The fourth-order valence-electron chi connectivity index (χ4n) is 3.30. The molecule has 0 aliphatic carbocycles. The molecule has 0 bridgehead atoms. The molecule has 6 nitrogen and oxygen atoms in total. The molecule has 122 valence electrons. The van der Waals surface area contributed by atoms with Crippen LogP contribution in [-0.2, 0) is 14.4 Å². The third-order valence-corrected chi connectivity index (χ3v) is 4.44. The Balaban J connectivity index is 1.76. The zero-order valence-corrected chi connectivity index (χ0v) is 12.4. The summed E-state index contributed by atoms with van der Waals surface area (Å²) in [4.78, 5) is 38.5. The van der Waals surface area contributed by atoms with E-state index < -0.39 is 23.7 Å². The Hall–Kier alpha value is -2.44. The Labute approximate surface area is 132 Å². The predicted molar refractivity (Wildman–Crippen MR) is 79.2 cm³/mol. The highest BCUT2D eigenvalue weighted by atomic mass is 19.1.